The summed E-state index contributed by atoms with van der Waals surface area (Å²) in [6, 6.07) is 6.10. The van der Waals surface area contributed by atoms with Crippen LogP contribution in [0.15, 0.2) is 34.3 Å². The Morgan fingerprint density at radius 2 is 1.97 bits per heavy atom. The number of hydrogen-bond donors (Lipinski definition) is 0. The van der Waals surface area contributed by atoms with E-state index < -0.39 is 5.92 Å². The van der Waals surface area contributed by atoms with E-state index in [1.165, 1.54) is 18.1 Å². The number of allylic oxidation sites excluding steroid dienone is 2. The normalized spacial score (nSPS) is 15.6. The molecule has 0 atom stereocenters. The molecule has 0 bridgehead atoms. The number of alkyl halides is 2. The van der Waals surface area contributed by atoms with Crippen molar-refractivity contribution in [1.29, 1.82) is 0 Å². The Balaban J connectivity index is 0. The van der Waals surface area contributed by atoms with Crippen LogP contribution in [-0.2, 0) is 4.79 Å². The van der Waals surface area contributed by atoms with Gasteiger partial charge in [0.1, 0.15) is 0 Å². The van der Waals surface area contributed by atoms with Gasteiger partial charge in [0.15, 0.2) is 0 Å². The monoisotopic (exact) mass is 459 g/mol. The molecule has 0 saturated heterocycles. The molecule has 0 amide bonds. The van der Waals surface area contributed by atoms with Gasteiger partial charge in [0.05, 0.1) is 12.9 Å². The van der Waals surface area contributed by atoms with E-state index >= 15 is 0 Å². The van der Waals surface area contributed by atoms with E-state index in [0.717, 1.165) is 56.1 Å². The van der Waals surface area contributed by atoms with Crippen molar-refractivity contribution in [3.05, 3.63) is 53.8 Å². The van der Waals surface area contributed by atoms with Gasteiger partial charge in [-0.15, -0.1) is 18.1 Å². The third kappa shape index (κ3) is 12.3. The summed E-state index contributed by atoms with van der Waals surface area (Å²) in [7, 11) is 3.37. The zero-order valence-corrected chi connectivity index (χ0v) is 23.4. The van der Waals surface area contributed by atoms with Gasteiger partial charge in [-0.25, -0.2) is 8.78 Å². The van der Waals surface area contributed by atoms with Crippen molar-refractivity contribution < 1.29 is 69.7 Å². The summed E-state index contributed by atoms with van der Waals surface area (Å²) in [6.07, 6.45) is 8.91. The number of benzene rings is 1. The summed E-state index contributed by atoms with van der Waals surface area (Å²) in [5.74, 6) is -1.74. The molecule has 0 N–H and O–H groups in total. The maximum atomic E-state index is 13.0. The number of carbonyl (C=O) groups excluding carboxylic acids is 1. The van der Waals surface area contributed by atoms with E-state index in [2.05, 4.69) is 31.3 Å². The molecule has 6 heteroatoms. The molecule has 31 heavy (non-hydrogen) atoms. The molecule has 0 radical (unpaired) electrons. The molecule has 0 aromatic heterocycles. The van der Waals surface area contributed by atoms with Gasteiger partial charge in [-0.2, -0.15) is 30.9 Å². The zero-order chi connectivity index (χ0) is 23.2. The number of methoxy groups -OCH3 is 1. The number of nitrogens with zero attached hydrogens (tertiary/aromatic N) is 1. The van der Waals surface area contributed by atoms with Crippen LogP contribution in [0.25, 0.3) is 0 Å². The third-order valence-electron chi connectivity index (χ3n) is 4.83. The third-order valence-corrected chi connectivity index (χ3v) is 4.83. The standard InChI is InChI=1S/C12H16O.C10H15F2N.C3H5O.K/c1-4-5-7-11-8-6-9-12(13-3)10(11)2;1-7(10(2,11)12)8-5-4-6-9(8)13-3;1-2-3-4;/h6-9H,1,4-5H2,2-3H3;4-6H2,1-3H3;2H2,1H3;/q-2;;-1;+1/b;8-7+,13-9?;;. The van der Waals surface area contributed by atoms with E-state index in [9.17, 15) is 8.78 Å². The van der Waals surface area contributed by atoms with Gasteiger partial charge in [0, 0.05) is 19.7 Å². The Bertz CT molecular complexity index is 710. The summed E-state index contributed by atoms with van der Waals surface area (Å²) >= 11 is 0. The van der Waals surface area contributed by atoms with E-state index in [1.807, 2.05) is 12.1 Å². The van der Waals surface area contributed by atoms with Crippen molar-refractivity contribution in [3.8, 4) is 5.75 Å². The Kier molecular flexibility index (Phi) is 18.9. The van der Waals surface area contributed by atoms with Crippen LogP contribution >= 0.6 is 0 Å². The van der Waals surface area contributed by atoms with Gasteiger partial charge in [0.2, 0.25) is 0 Å². The molecule has 1 aromatic carbocycles. The van der Waals surface area contributed by atoms with Gasteiger partial charge in [-0.3, -0.25) is 11.3 Å². The SMILES string of the molecule is CC[C-]=O.CN=C1CCC/C1=C(/C)C(C)(F)F.[CH2-]CC[CH-]c1cccc(OC)c1C.[K+]. The molecule has 2 rings (SSSR count). The smallest absolute Gasteiger partial charge is 0.542 e. The molecule has 170 valence electrons. The molecule has 0 aliphatic heterocycles. The van der Waals surface area contributed by atoms with Crippen molar-refractivity contribution in [3.63, 3.8) is 0 Å². The van der Waals surface area contributed by atoms with Crippen molar-refractivity contribution in [2.45, 2.75) is 72.1 Å². The number of rotatable bonds is 6. The second-order valence-corrected chi connectivity index (χ2v) is 7.03. The number of ether oxygens (including phenoxy) is 1. The first-order valence-corrected chi connectivity index (χ1v) is 10.3. The molecular weight excluding hydrogens is 423 g/mol. The fraction of sp³-hybridized carbons (Fsp3) is 0.520. The predicted molar refractivity (Wildman–Crippen MR) is 122 cm³/mol. The zero-order valence-electron chi connectivity index (χ0n) is 20.3. The maximum absolute atomic E-state index is 13.0. The van der Waals surface area contributed by atoms with E-state index in [-0.39, 0.29) is 57.0 Å². The number of hydrogen-bond acceptors (Lipinski definition) is 3. The van der Waals surface area contributed by atoms with Crippen LogP contribution in [0.1, 0.15) is 70.4 Å². The summed E-state index contributed by atoms with van der Waals surface area (Å²) in [6.45, 7) is 10.1. The van der Waals surface area contributed by atoms with Crippen LogP contribution in [0.3, 0.4) is 0 Å². The predicted octanol–water partition coefficient (Wildman–Crippen LogP) is 3.89. The minimum absolute atomic E-state index is 0. The second kappa shape index (κ2) is 18.0. The molecule has 1 saturated carbocycles. The van der Waals surface area contributed by atoms with Gasteiger partial charge >= 0.3 is 51.4 Å². The Hall–Kier alpha value is -0.534. The molecule has 0 unspecified atom stereocenters. The van der Waals surface area contributed by atoms with Crippen LogP contribution in [0.5, 0.6) is 5.75 Å². The molecule has 1 aromatic rings. The van der Waals surface area contributed by atoms with Crippen LogP contribution in [0, 0.1) is 20.3 Å². The first-order valence-electron chi connectivity index (χ1n) is 10.3. The molecule has 1 fully saturated rings. The number of unbranched alkanes of at least 4 members (excludes halogenated alkanes) is 1. The Morgan fingerprint density at radius 1 is 1.35 bits per heavy atom. The molecule has 0 heterocycles. The van der Waals surface area contributed by atoms with Gasteiger partial charge in [0.25, 0.3) is 5.92 Å². The summed E-state index contributed by atoms with van der Waals surface area (Å²) in [5, 5.41) is 0. The summed E-state index contributed by atoms with van der Waals surface area (Å²) in [4.78, 5) is 13.1. The van der Waals surface area contributed by atoms with Gasteiger partial charge in [-0.05, 0) is 43.4 Å². The largest absolute Gasteiger partial charge is 1.00 e. The van der Waals surface area contributed by atoms with E-state index in [4.69, 9.17) is 9.53 Å². The van der Waals surface area contributed by atoms with Crippen molar-refractivity contribution in [2.24, 2.45) is 4.99 Å². The van der Waals surface area contributed by atoms with Crippen LogP contribution in [0.4, 0.5) is 8.78 Å². The second-order valence-electron chi connectivity index (χ2n) is 7.03. The van der Waals surface area contributed by atoms with Crippen LogP contribution < -0.4 is 56.1 Å². The average Bonchev–Trinajstić information content (AvgIpc) is 3.21. The quantitative estimate of drug-likeness (QED) is 0.478. The number of halogens is 2. The molecule has 1 aliphatic rings. The average molecular weight is 460 g/mol. The number of aliphatic imine (C=N–C) groups is 1. The van der Waals surface area contributed by atoms with Crippen molar-refractivity contribution in [2.75, 3.05) is 14.2 Å². The first kappa shape index (κ1) is 32.6. The Labute approximate surface area is 230 Å². The summed E-state index contributed by atoms with van der Waals surface area (Å²) in [5.41, 5.74) is 4.28. The molecule has 1 aliphatic carbocycles. The van der Waals surface area contributed by atoms with Crippen molar-refractivity contribution >= 4 is 12.0 Å². The van der Waals surface area contributed by atoms with E-state index in [1.54, 1.807) is 27.4 Å². The minimum Gasteiger partial charge on any atom is -0.542 e. The van der Waals surface area contributed by atoms with Crippen LogP contribution in [-0.4, -0.2) is 32.1 Å². The molecule has 0 spiro atoms. The summed E-state index contributed by atoms with van der Waals surface area (Å²) < 4.78 is 31.2. The fourth-order valence-electron chi connectivity index (χ4n) is 2.97. The molecule has 3 nitrogen and oxygen atoms in total. The molecular formula is C25H36F2KNO2-2. The topological polar surface area (TPSA) is 38.7 Å². The van der Waals surface area contributed by atoms with Gasteiger partial charge < -0.3 is 16.5 Å². The van der Waals surface area contributed by atoms with E-state index in [0.29, 0.717) is 6.42 Å². The van der Waals surface area contributed by atoms with Crippen LogP contribution in [0.2, 0.25) is 0 Å². The maximum Gasteiger partial charge on any atom is 1.00 e. The van der Waals surface area contributed by atoms with Crippen molar-refractivity contribution in [1.82, 2.24) is 0 Å². The minimum atomic E-state index is -2.70. The fourth-order valence-corrected chi connectivity index (χ4v) is 2.97. The Morgan fingerprint density at radius 3 is 2.42 bits per heavy atom. The first-order chi connectivity index (χ1) is 14.2. The van der Waals surface area contributed by atoms with Gasteiger partial charge in [-0.1, -0.05) is 13.8 Å².